The Balaban J connectivity index is 1.86. The number of rotatable bonds is 3. The van der Waals surface area contributed by atoms with E-state index in [-0.39, 0.29) is 11.3 Å². The maximum Gasteiger partial charge on any atom is 0.259 e. The molecule has 0 saturated carbocycles. The van der Waals surface area contributed by atoms with E-state index in [0.29, 0.717) is 10.7 Å². The summed E-state index contributed by atoms with van der Waals surface area (Å²) in [6.07, 6.45) is 3.82. The zero-order valence-electron chi connectivity index (χ0n) is 13.3. The Morgan fingerprint density at radius 2 is 1.78 bits per heavy atom. The Hall–Kier alpha value is -2.47. The van der Waals surface area contributed by atoms with Crippen molar-refractivity contribution in [2.24, 2.45) is 0 Å². The van der Waals surface area contributed by atoms with Crippen molar-refractivity contribution in [1.82, 2.24) is 14.8 Å². The lowest BCUT2D eigenvalue weighted by Gasteiger charge is -2.12. The second kappa shape index (κ2) is 5.96. The molecular formula is C17H18N4OS. The molecule has 118 valence electrons. The van der Waals surface area contributed by atoms with Crippen LogP contribution >= 0.6 is 11.3 Å². The van der Waals surface area contributed by atoms with E-state index in [0.717, 1.165) is 10.7 Å². The number of amides is 1. The lowest BCUT2D eigenvalue weighted by molar-refractivity contribution is 0.102. The molecule has 0 fully saturated rings. The molecule has 0 saturated heterocycles. The predicted molar refractivity (Wildman–Crippen MR) is 92.3 cm³/mol. The van der Waals surface area contributed by atoms with Crippen molar-refractivity contribution in [1.29, 1.82) is 0 Å². The normalized spacial score (nSPS) is 11.4. The average Bonchev–Trinajstić information content (AvgIpc) is 3.18. The van der Waals surface area contributed by atoms with Gasteiger partial charge in [0.1, 0.15) is 5.01 Å². The molecule has 0 aliphatic heterocycles. The van der Waals surface area contributed by atoms with Gasteiger partial charge in [0, 0.05) is 17.8 Å². The van der Waals surface area contributed by atoms with Crippen molar-refractivity contribution in [3.05, 3.63) is 59.4 Å². The number of aromatic nitrogens is 3. The molecule has 0 atom stereocenters. The fourth-order valence-electron chi connectivity index (χ4n) is 2.13. The molecule has 1 aromatic carbocycles. The molecular weight excluding hydrogens is 308 g/mol. The molecule has 0 unspecified atom stereocenters. The molecule has 23 heavy (non-hydrogen) atoms. The standard InChI is InChI=1S/C17H18N4OS/c1-17(2,3)15-19-20-16(23-15)18-14(22)12-8-4-5-9-13(12)21-10-6-7-11-21/h4-11H,1-3H3,(H,18,20,22). The molecule has 3 rings (SSSR count). The van der Waals surface area contributed by atoms with Gasteiger partial charge in [0.05, 0.1) is 11.3 Å². The topological polar surface area (TPSA) is 59.8 Å². The Labute approximate surface area is 139 Å². The molecule has 0 aliphatic carbocycles. The summed E-state index contributed by atoms with van der Waals surface area (Å²) in [6, 6.07) is 11.3. The Morgan fingerprint density at radius 1 is 1.09 bits per heavy atom. The summed E-state index contributed by atoms with van der Waals surface area (Å²) in [5, 5.41) is 12.5. The Morgan fingerprint density at radius 3 is 2.43 bits per heavy atom. The molecule has 3 aromatic rings. The van der Waals surface area contributed by atoms with Gasteiger partial charge in [-0.05, 0) is 24.3 Å². The maximum absolute atomic E-state index is 12.6. The van der Waals surface area contributed by atoms with Crippen molar-refractivity contribution in [3.63, 3.8) is 0 Å². The molecule has 0 radical (unpaired) electrons. The zero-order chi connectivity index (χ0) is 16.4. The van der Waals surface area contributed by atoms with Crippen LogP contribution in [0, 0.1) is 0 Å². The van der Waals surface area contributed by atoms with E-state index in [1.807, 2.05) is 47.3 Å². The van der Waals surface area contributed by atoms with Crippen LogP contribution in [0.2, 0.25) is 0 Å². The van der Waals surface area contributed by atoms with Crippen LogP contribution in [0.25, 0.3) is 5.69 Å². The number of carbonyl (C=O) groups excluding carboxylic acids is 1. The van der Waals surface area contributed by atoms with E-state index in [1.54, 1.807) is 6.07 Å². The van der Waals surface area contributed by atoms with Crippen molar-refractivity contribution >= 4 is 22.4 Å². The van der Waals surface area contributed by atoms with Crippen LogP contribution in [0.5, 0.6) is 0 Å². The first kappa shape index (κ1) is 15.4. The van der Waals surface area contributed by atoms with Crippen LogP contribution < -0.4 is 5.32 Å². The molecule has 0 spiro atoms. The summed E-state index contributed by atoms with van der Waals surface area (Å²) in [4.78, 5) is 12.6. The molecule has 0 aliphatic rings. The lowest BCUT2D eigenvalue weighted by Crippen LogP contribution is -2.14. The first-order valence-electron chi connectivity index (χ1n) is 7.33. The zero-order valence-corrected chi connectivity index (χ0v) is 14.1. The summed E-state index contributed by atoms with van der Waals surface area (Å²) in [6.45, 7) is 6.21. The van der Waals surface area contributed by atoms with Gasteiger partial charge in [-0.1, -0.05) is 44.2 Å². The number of nitrogens with one attached hydrogen (secondary N) is 1. The minimum absolute atomic E-state index is 0.0797. The molecule has 6 heteroatoms. The van der Waals surface area contributed by atoms with Gasteiger partial charge in [-0.15, -0.1) is 10.2 Å². The summed E-state index contributed by atoms with van der Waals surface area (Å²) in [5.41, 5.74) is 1.34. The van der Waals surface area contributed by atoms with E-state index >= 15 is 0 Å². The Bertz CT molecular complexity index is 815. The Kier molecular flexibility index (Phi) is 4.00. The van der Waals surface area contributed by atoms with Crippen LogP contribution in [-0.4, -0.2) is 20.7 Å². The van der Waals surface area contributed by atoms with E-state index in [1.165, 1.54) is 11.3 Å². The monoisotopic (exact) mass is 326 g/mol. The minimum atomic E-state index is -0.189. The SMILES string of the molecule is CC(C)(C)c1nnc(NC(=O)c2ccccc2-n2cccc2)s1. The van der Waals surface area contributed by atoms with E-state index in [9.17, 15) is 4.79 Å². The highest BCUT2D eigenvalue weighted by Crippen LogP contribution is 2.28. The molecule has 2 aromatic heterocycles. The van der Waals surface area contributed by atoms with Crippen molar-refractivity contribution < 1.29 is 4.79 Å². The molecule has 2 heterocycles. The second-order valence-corrected chi connectivity index (χ2v) is 7.20. The van der Waals surface area contributed by atoms with Crippen molar-refractivity contribution in [2.45, 2.75) is 26.2 Å². The number of anilines is 1. The number of para-hydroxylation sites is 1. The number of hydrogen-bond acceptors (Lipinski definition) is 4. The van der Waals surface area contributed by atoms with Gasteiger partial charge in [0.2, 0.25) is 5.13 Å². The second-order valence-electron chi connectivity index (χ2n) is 6.22. The average molecular weight is 326 g/mol. The van der Waals surface area contributed by atoms with Crippen LogP contribution in [0.4, 0.5) is 5.13 Å². The van der Waals surface area contributed by atoms with Gasteiger partial charge >= 0.3 is 0 Å². The highest BCUT2D eigenvalue weighted by molar-refractivity contribution is 7.15. The lowest BCUT2D eigenvalue weighted by atomic mass is 9.98. The highest BCUT2D eigenvalue weighted by Gasteiger charge is 2.21. The van der Waals surface area contributed by atoms with E-state index in [4.69, 9.17) is 0 Å². The first-order chi connectivity index (χ1) is 10.9. The third-order valence-electron chi connectivity index (χ3n) is 3.32. The number of nitrogens with zero attached hydrogens (tertiary/aromatic N) is 3. The third kappa shape index (κ3) is 3.32. The largest absolute Gasteiger partial charge is 0.323 e. The minimum Gasteiger partial charge on any atom is -0.323 e. The summed E-state index contributed by atoms with van der Waals surface area (Å²) in [7, 11) is 0. The van der Waals surface area contributed by atoms with E-state index in [2.05, 4.69) is 36.3 Å². The third-order valence-corrected chi connectivity index (χ3v) is 4.58. The quantitative estimate of drug-likeness (QED) is 0.794. The van der Waals surface area contributed by atoms with Crippen LogP contribution in [0.1, 0.15) is 36.1 Å². The predicted octanol–water partition coefficient (Wildman–Crippen LogP) is 3.88. The summed E-state index contributed by atoms with van der Waals surface area (Å²) in [5.74, 6) is -0.189. The maximum atomic E-state index is 12.6. The van der Waals surface area contributed by atoms with Gasteiger partial charge in [-0.2, -0.15) is 0 Å². The van der Waals surface area contributed by atoms with Crippen LogP contribution in [0.15, 0.2) is 48.8 Å². The van der Waals surface area contributed by atoms with Gasteiger partial charge < -0.3 is 4.57 Å². The van der Waals surface area contributed by atoms with E-state index < -0.39 is 0 Å². The smallest absolute Gasteiger partial charge is 0.259 e. The van der Waals surface area contributed by atoms with Gasteiger partial charge in [0.15, 0.2) is 0 Å². The number of benzene rings is 1. The van der Waals surface area contributed by atoms with Gasteiger partial charge in [-0.25, -0.2) is 0 Å². The number of hydrogen-bond donors (Lipinski definition) is 1. The van der Waals surface area contributed by atoms with Crippen LogP contribution in [0.3, 0.4) is 0 Å². The first-order valence-corrected chi connectivity index (χ1v) is 8.14. The summed E-state index contributed by atoms with van der Waals surface area (Å²) >= 11 is 1.41. The van der Waals surface area contributed by atoms with Gasteiger partial charge in [-0.3, -0.25) is 10.1 Å². The van der Waals surface area contributed by atoms with Crippen LogP contribution in [-0.2, 0) is 5.41 Å². The highest BCUT2D eigenvalue weighted by atomic mass is 32.1. The molecule has 1 N–H and O–H groups in total. The van der Waals surface area contributed by atoms with Crippen molar-refractivity contribution in [3.8, 4) is 5.69 Å². The molecule has 5 nitrogen and oxygen atoms in total. The molecule has 1 amide bonds. The number of carbonyl (C=O) groups is 1. The van der Waals surface area contributed by atoms with Gasteiger partial charge in [0.25, 0.3) is 5.91 Å². The summed E-state index contributed by atoms with van der Waals surface area (Å²) < 4.78 is 1.91. The molecule has 0 bridgehead atoms. The fraction of sp³-hybridized carbons (Fsp3) is 0.235. The van der Waals surface area contributed by atoms with Crippen molar-refractivity contribution in [2.75, 3.05) is 5.32 Å². The fourth-order valence-corrected chi connectivity index (χ4v) is 2.92.